The van der Waals surface area contributed by atoms with E-state index in [0.717, 1.165) is 22.3 Å². The highest BCUT2D eigenvalue weighted by Gasteiger charge is 2.06. The Hall–Kier alpha value is -1.17. The summed E-state index contributed by atoms with van der Waals surface area (Å²) in [6.45, 7) is 1.53. The van der Waals surface area contributed by atoms with Gasteiger partial charge in [-0.1, -0.05) is 18.2 Å². The maximum absolute atomic E-state index is 11.3. The lowest BCUT2D eigenvalue weighted by Crippen LogP contribution is -2.20. The molecule has 0 fully saturated rings. The average Bonchev–Trinajstić information content (AvgIpc) is 2.81. The number of halogens is 1. The van der Waals surface area contributed by atoms with E-state index < -0.39 is 0 Å². The number of hydrogen-bond donors (Lipinski definition) is 2. The standard InChI is InChI=1S/C14H15BrN2OS/c15-13-6-5-11(19-13)7-8-17-9-10-3-1-2-4-12(10)14(16)18/h1-6,17H,7-9H2,(H2,16,18). The van der Waals surface area contributed by atoms with Crippen molar-refractivity contribution in [2.24, 2.45) is 5.73 Å². The van der Waals surface area contributed by atoms with E-state index in [1.807, 2.05) is 18.2 Å². The molecule has 100 valence electrons. The first-order valence-electron chi connectivity index (χ1n) is 5.99. The van der Waals surface area contributed by atoms with Crippen LogP contribution in [0.25, 0.3) is 0 Å². The molecule has 1 heterocycles. The fourth-order valence-electron chi connectivity index (χ4n) is 1.84. The molecule has 19 heavy (non-hydrogen) atoms. The van der Waals surface area contributed by atoms with Gasteiger partial charge in [-0.15, -0.1) is 11.3 Å². The van der Waals surface area contributed by atoms with E-state index in [1.54, 1.807) is 17.4 Å². The molecule has 0 aliphatic carbocycles. The highest BCUT2D eigenvalue weighted by Crippen LogP contribution is 2.22. The number of nitrogens with one attached hydrogen (secondary N) is 1. The number of carbonyl (C=O) groups is 1. The van der Waals surface area contributed by atoms with Crippen molar-refractivity contribution < 1.29 is 4.79 Å². The Labute approximate surface area is 125 Å². The Bertz CT molecular complexity index is 568. The Morgan fingerprint density at radius 2 is 2.05 bits per heavy atom. The summed E-state index contributed by atoms with van der Waals surface area (Å²) in [4.78, 5) is 12.6. The third-order valence-corrected chi connectivity index (χ3v) is 4.46. The van der Waals surface area contributed by atoms with E-state index in [-0.39, 0.29) is 5.91 Å². The minimum absolute atomic E-state index is 0.375. The lowest BCUT2D eigenvalue weighted by molar-refractivity contribution is 0.0999. The Balaban J connectivity index is 1.84. The fraction of sp³-hybridized carbons (Fsp3) is 0.214. The summed E-state index contributed by atoms with van der Waals surface area (Å²) in [7, 11) is 0. The van der Waals surface area contributed by atoms with Crippen LogP contribution in [0.15, 0.2) is 40.2 Å². The van der Waals surface area contributed by atoms with Crippen LogP contribution < -0.4 is 11.1 Å². The predicted molar refractivity (Wildman–Crippen MR) is 82.4 cm³/mol. The highest BCUT2D eigenvalue weighted by molar-refractivity contribution is 9.11. The molecule has 2 aromatic rings. The van der Waals surface area contributed by atoms with Crippen molar-refractivity contribution in [1.29, 1.82) is 0 Å². The van der Waals surface area contributed by atoms with Gasteiger partial charge in [-0.3, -0.25) is 4.79 Å². The average molecular weight is 339 g/mol. The number of benzene rings is 1. The van der Waals surface area contributed by atoms with Gasteiger partial charge in [0.05, 0.1) is 3.79 Å². The molecule has 3 N–H and O–H groups in total. The highest BCUT2D eigenvalue weighted by atomic mass is 79.9. The SMILES string of the molecule is NC(=O)c1ccccc1CNCCc1ccc(Br)s1. The van der Waals surface area contributed by atoms with Crippen LogP contribution in [-0.2, 0) is 13.0 Å². The molecule has 0 atom stereocenters. The quantitative estimate of drug-likeness (QED) is 0.795. The zero-order valence-corrected chi connectivity index (χ0v) is 12.8. The van der Waals surface area contributed by atoms with E-state index in [9.17, 15) is 4.79 Å². The predicted octanol–water partition coefficient (Wildman–Crippen LogP) is 2.94. The number of primary amides is 1. The van der Waals surface area contributed by atoms with Gasteiger partial charge < -0.3 is 11.1 Å². The van der Waals surface area contributed by atoms with Gasteiger partial charge in [-0.05, 0) is 46.1 Å². The van der Waals surface area contributed by atoms with Gasteiger partial charge in [-0.25, -0.2) is 0 Å². The van der Waals surface area contributed by atoms with E-state index in [0.29, 0.717) is 12.1 Å². The third kappa shape index (κ3) is 4.16. The summed E-state index contributed by atoms with van der Waals surface area (Å²) >= 11 is 5.19. The van der Waals surface area contributed by atoms with Gasteiger partial charge >= 0.3 is 0 Å². The first kappa shape index (κ1) is 14.2. The van der Waals surface area contributed by atoms with Crippen molar-refractivity contribution in [3.05, 3.63) is 56.2 Å². The molecule has 1 amide bonds. The smallest absolute Gasteiger partial charge is 0.249 e. The molecule has 0 aliphatic heterocycles. The maximum atomic E-state index is 11.3. The summed E-state index contributed by atoms with van der Waals surface area (Å²) in [6, 6.07) is 11.6. The number of carbonyl (C=O) groups excluding carboxylic acids is 1. The molecule has 2 rings (SSSR count). The minimum Gasteiger partial charge on any atom is -0.366 e. The molecule has 0 aliphatic rings. The molecule has 0 spiro atoms. The monoisotopic (exact) mass is 338 g/mol. The van der Waals surface area contributed by atoms with E-state index in [2.05, 4.69) is 33.4 Å². The van der Waals surface area contributed by atoms with Gasteiger partial charge in [0.1, 0.15) is 0 Å². The summed E-state index contributed by atoms with van der Waals surface area (Å²) in [5, 5.41) is 3.34. The van der Waals surface area contributed by atoms with Crippen LogP contribution in [0, 0.1) is 0 Å². The van der Waals surface area contributed by atoms with Crippen LogP contribution in [0.3, 0.4) is 0 Å². The largest absolute Gasteiger partial charge is 0.366 e. The fourth-order valence-corrected chi connectivity index (χ4v) is 3.32. The number of rotatable bonds is 6. The molecule has 0 radical (unpaired) electrons. The Morgan fingerprint density at radius 1 is 1.26 bits per heavy atom. The van der Waals surface area contributed by atoms with E-state index in [4.69, 9.17) is 5.73 Å². The zero-order chi connectivity index (χ0) is 13.7. The second-order valence-corrected chi connectivity index (χ2v) is 6.70. The van der Waals surface area contributed by atoms with Gasteiger partial charge in [0.2, 0.25) is 5.91 Å². The van der Waals surface area contributed by atoms with Gasteiger partial charge in [0.15, 0.2) is 0 Å². The van der Waals surface area contributed by atoms with Crippen LogP contribution in [0.1, 0.15) is 20.8 Å². The molecule has 3 nitrogen and oxygen atoms in total. The van der Waals surface area contributed by atoms with Crippen molar-refractivity contribution in [3.8, 4) is 0 Å². The van der Waals surface area contributed by atoms with Crippen molar-refractivity contribution >= 4 is 33.2 Å². The summed E-state index contributed by atoms with van der Waals surface area (Å²) in [5.74, 6) is -0.375. The van der Waals surface area contributed by atoms with Gasteiger partial charge in [0, 0.05) is 23.5 Å². The zero-order valence-electron chi connectivity index (χ0n) is 10.4. The Morgan fingerprint density at radius 3 is 2.74 bits per heavy atom. The lowest BCUT2D eigenvalue weighted by atomic mass is 10.1. The first-order valence-corrected chi connectivity index (χ1v) is 7.60. The lowest BCUT2D eigenvalue weighted by Gasteiger charge is -2.07. The number of thiophene rings is 1. The van der Waals surface area contributed by atoms with Gasteiger partial charge in [-0.2, -0.15) is 0 Å². The second-order valence-electron chi connectivity index (χ2n) is 4.15. The minimum atomic E-state index is -0.375. The second kappa shape index (κ2) is 6.84. The molecule has 0 unspecified atom stereocenters. The molecule has 1 aromatic carbocycles. The van der Waals surface area contributed by atoms with E-state index in [1.165, 1.54) is 4.88 Å². The molecule has 0 bridgehead atoms. The van der Waals surface area contributed by atoms with Crippen molar-refractivity contribution in [2.75, 3.05) is 6.54 Å². The van der Waals surface area contributed by atoms with Crippen LogP contribution in [-0.4, -0.2) is 12.5 Å². The summed E-state index contributed by atoms with van der Waals surface area (Å²) in [6.07, 6.45) is 0.981. The number of nitrogens with two attached hydrogens (primary N) is 1. The molecular formula is C14H15BrN2OS. The normalized spacial score (nSPS) is 10.6. The van der Waals surface area contributed by atoms with Gasteiger partial charge in [0.25, 0.3) is 0 Å². The first-order chi connectivity index (χ1) is 9.16. The van der Waals surface area contributed by atoms with Crippen molar-refractivity contribution in [1.82, 2.24) is 5.32 Å². The number of hydrogen-bond acceptors (Lipinski definition) is 3. The van der Waals surface area contributed by atoms with Crippen LogP contribution in [0.2, 0.25) is 0 Å². The third-order valence-electron chi connectivity index (χ3n) is 2.78. The number of amides is 1. The molecule has 0 saturated heterocycles. The van der Waals surface area contributed by atoms with Crippen LogP contribution in [0.4, 0.5) is 0 Å². The van der Waals surface area contributed by atoms with Crippen molar-refractivity contribution in [3.63, 3.8) is 0 Å². The topological polar surface area (TPSA) is 55.1 Å². The van der Waals surface area contributed by atoms with Crippen molar-refractivity contribution in [2.45, 2.75) is 13.0 Å². The molecular weight excluding hydrogens is 324 g/mol. The van der Waals surface area contributed by atoms with Crippen LogP contribution >= 0.6 is 27.3 Å². The van der Waals surface area contributed by atoms with Crippen LogP contribution in [0.5, 0.6) is 0 Å². The maximum Gasteiger partial charge on any atom is 0.249 e. The van der Waals surface area contributed by atoms with E-state index >= 15 is 0 Å². The molecule has 5 heteroatoms. The summed E-state index contributed by atoms with van der Waals surface area (Å²) < 4.78 is 1.15. The Kier molecular flexibility index (Phi) is 5.13. The molecule has 0 saturated carbocycles. The molecule has 1 aromatic heterocycles. The summed E-state index contributed by atoms with van der Waals surface area (Å²) in [5.41, 5.74) is 6.88.